The molecular weight excluding hydrogens is 1050 g/mol. The molecule has 5 rings (SSSR count). The summed E-state index contributed by atoms with van der Waals surface area (Å²) in [5.74, 6) is -4.10. The summed E-state index contributed by atoms with van der Waals surface area (Å²) in [6.07, 6.45) is -1.58. The number of carbonyl (C=O) groups is 2. The van der Waals surface area contributed by atoms with Crippen LogP contribution in [0.15, 0.2) is 42.9 Å². The number of methoxy groups -OCH3 is 3. The van der Waals surface area contributed by atoms with Crippen LogP contribution in [0.5, 0.6) is 0 Å². The molecule has 1 aromatic carbocycles. The third kappa shape index (κ3) is 14.1. The molecule has 0 saturated carbocycles. The molecule has 5 N–H and O–H groups in total. The van der Waals surface area contributed by atoms with Gasteiger partial charge >= 0.3 is 5.97 Å². The Morgan fingerprint density at radius 3 is 2.21 bits per heavy atom. The molecule has 3 aliphatic heterocycles. The van der Waals surface area contributed by atoms with Gasteiger partial charge in [-0.3, -0.25) is 19.6 Å². The van der Waals surface area contributed by atoms with E-state index in [1.165, 1.54) is 21.1 Å². The molecule has 2 aromatic rings. The Morgan fingerprint density at radius 1 is 0.944 bits per heavy atom. The zero-order valence-corrected chi connectivity index (χ0v) is 46.4. The van der Waals surface area contributed by atoms with Crippen molar-refractivity contribution < 1.29 is 67.2 Å². The molecule has 3 saturated heterocycles. The number of aliphatic hydroxyl groups is 3. The number of benzene rings is 1. The van der Waals surface area contributed by atoms with Gasteiger partial charge in [0.2, 0.25) is 5.91 Å². The third-order valence-corrected chi connectivity index (χ3v) is 17.0. The SMILES string of the molecule is CO[C@H](c1ccc(-c2cnccn2)cc1)[C@@H](CF)NC(=O)CCN(C)[C@@H]1C[C@H](O[C@@H]2[C@@H](C)[C@H](O[C@H]3C[C@@](C)(OC)[C@@H](O)[C@H](C)O3)[C@@H](C)C(=O)O[C@H](I)[C@@](C)(O)[C@H](O)[C@@H](C)C(=N)[C@H](C)C[C@@]2(C)OC)O[C@H](C)C1. The van der Waals surface area contributed by atoms with Crippen molar-refractivity contribution >= 4 is 40.2 Å². The second-order valence-corrected chi connectivity index (χ2v) is 22.1. The van der Waals surface area contributed by atoms with Gasteiger partial charge in [-0.25, -0.2) is 4.39 Å². The van der Waals surface area contributed by atoms with E-state index in [-0.39, 0.29) is 43.0 Å². The van der Waals surface area contributed by atoms with Crippen molar-refractivity contribution in [1.29, 1.82) is 5.41 Å². The first-order valence-corrected chi connectivity index (χ1v) is 26.3. The maximum Gasteiger partial charge on any atom is 0.312 e. The van der Waals surface area contributed by atoms with Crippen LogP contribution in [-0.2, 0) is 47.5 Å². The van der Waals surface area contributed by atoms with Crippen molar-refractivity contribution in [3.63, 3.8) is 0 Å². The molecule has 0 radical (unpaired) electrons. The van der Waals surface area contributed by atoms with Crippen molar-refractivity contribution in [2.45, 2.75) is 183 Å². The van der Waals surface area contributed by atoms with E-state index in [9.17, 15) is 34.7 Å². The van der Waals surface area contributed by atoms with Crippen molar-refractivity contribution in [2.24, 2.45) is 23.7 Å². The van der Waals surface area contributed by atoms with Gasteiger partial charge in [-0.15, -0.1) is 0 Å². The summed E-state index contributed by atoms with van der Waals surface area (Å²) in [7, 11) is 6.47. The number of cyclic esters (lactones) is 1. The molecule has 0 unspecified atom stereocenters. The van der Waals surface area contributed by atoms with Crippen LogP contribution in [0.25, 0.3) is 11.3 Å². The summed E-state index contributed by atoms with van der Waals surface area (Å²) in [5.41, 5.74) is -1.80. The van der Waals surface area contributed by atoms with Crippen molar-refractivity contribution in [2.75, 3.05) is 41.6 Å². The molecule has 19 atom stereocenters. The number of alkyl halides is 2. The van der Waals surface area contributed by atoms with Crippen LogP contribution in [0, 0.1) is 29.1 Å². The zero-order chi connectivity index (χ0) is 53.5. The van der Waals surface area contributed by atoms with Crippen LogP contribution < -0.4 is 5.32 Å². The highest BCUT2D eigenvalue weighted by molar-refractivity contribution is 14.1. The number of nitrogens with zero attached hydrogens (tertiary/aromatic N) is 3. The van der Waals surface area contributed by atoms with Crippen molar-refractivity contribution in [3.05, 3.63) is 48.4 Å². The van der Waals surface area contributed by atoms with Gasteiger partial charge in [-0.1, -0.05) is 45.0 Å². The van der Waals surface area contributed by atoms with E-state index >= 15 is 0 Å². The predicted octanol–water partition coefficient (Wildman–Crippen LogP) is 5.96. The fourth-order valence-corrected chi connectivity index (χ4v) is 11.3. The summed E-state index contributed by atoms with van der Waals surface area (Å²) in [4.78, 5) is 38.4. The third-order valence-electron chi connectivity index (χ3n) is 15.5. The molecule has 0 bridgehead atoms. The van der Waals surface area contributed by atoms with Gasteiger partial charge in [0.15, 0.2) is 16.7 Å². The summed E-state index contributed by atoms with van der Waals surface area (Å²) < 4.78 is 64.1. The molecule has 1 aromatic heterocycles. The topological polar surface area (TPSA) is 234 Å². The second kappa shape index (κ2) is 25.8. The first kappa shape index (κ1) is 60.0. The van der Waals surface area contributed by atoms with Crippen molar-refractivity contribution in [1.82, 2.24) is 20.2 Å². The Bertz CT molecular complexity index is 2070. The fraction of sp³-hybridized carbons (Fsp3) is 0.750. The predicted molar refractivity (Wildman–Crippen MR) is 275 cm³/mol. The zero-order valence-electron chi connectivity index (χ0n) is 44.3. The highest BCUT2D eigenvalue weighted by Crippen LogP contribution is 2.42. The first-order valence-electron chi connectivity index (χ1n) is 25.0. The van der Waals surface area contributed by atoms with Gasteiger partial charge in [0.05, 0.1) is 65.6 Å². The smallest absolute Gasteiger partial charge is 0.312 e. The van der Waals surface area contributed by atoms with Gasteiger partial charge < -0.3 is 68.8 Å². The summed E-state index contributed by atoms with van der Waals surface area (Å²) >= 11 is 1.80. The Balaban J connectivity index is 1.39. The summed E-state index contributed by atoms with van der Waals surface area (Å²) in [6.45, 7) is 15.3. The number of halogens is 2. The minimum absolute atomic E-state index is 0.0756. The Morgan fingerprint density at radius 2 is 1.61 bits per heavy atom. The number of esters is 1. The lowest BCUT2D eigenvalue weighted by molar-refractivity contribution is -0.309. The quantitative estimate of drug-likeness (QED) is 0.0741. The van der Waals surface area contributed by atoms with E-state index in [1.807, 2.05) is 59.0 Å². The molecule has 72 heavy (non-hydrogen) atoms. The number of rotatable bonds is 16. The molecule has 406 valence electrons. The maximum atomic E-state index is 14.7. The maximum absolute atomic E-state index is 14.7. The number of amides is 1. The molecule has 4 heterocycles. The van der Waals surface area contributed by atoms with E-state index in [2.05, 4.69) is 20.2 Å². The van der Waals surface area contributed by atoms with E-state index in [0.29, 0.717) is 30.6 Å². The van der Waals surface area contributed by atoms with Crippen LogP contribution in [0.4, 0.5) is 4.39 Å². The van der Waals surface area contributed by atoms with Gasteiger partial charge in [-0.05, 0) is 95.5 Å². The van der Waals surface area contributed by atoms with E-state index in [0.717, 1.165) is 5.56 Å². The molecule has 20 heteroatoms. The van der Waals surface area contributed by atoms with Crippen LogP contribution in [0.2, 0.25) is 0 Å². The van der Waals surface area contributed by atoms with Crippen LogP contribution in [-0.4, -0.2) is 172 Å². The number of hydrogen-bond acceptors (Lipinski definition) is 17. The standard InChI is InChI=1S/C52H81FIN5O13/c1-28-24-51(8,67-13)47(31(4)43(70-41-25-50(7,66-12)46(62)33(6)69-41)32(5)48(63)72-49(54)52(9,64)45(61)30(3)42(28)55)71-40-23-36(22-29(2)68-40)59(10)21-18-39(60)58-37(26-53)44(65-11)35-16-14-34(15-17-35)38-27-56-19-20-57-38/h14-17,19-20,27-33,36-37,40-41,43-47,49,55,61-62,64H,18,21-26H2,1-13H3,(H,58,60)/t28-,29-,30+,31+,32-,33+,36+,37-,40+,41+,43+,44-,45-,46+,47-,49+,50-,51-,52+/m1/s1. The lowest BCUT2D eigenvalue weighted by Gasteiger charge is -2.49. The van der Waals surface area contributed by atoms with Gasteiger partial charge in [0.1, 0.15) is 24.5 Å². The number of aromatic nitrogens is 2. The highest BCUT2D eigenvalue weighted by Gasteiger charge is 2.53. The first-order chi connectivity index (χ1) is 33.8. The van der Waals surface area contributed by atoms with Crippen LogP contribution >= 0.6 is 22.6 Å². The van der Waals surface area contributed by atoms with Crippen molar-refractivity contribution in [3.8, 4) is 11.3 Å². The van der Waals surface area contributed by atoms with Gasteiger partial charge in [0, 0.05) is 88.7 Å². The van der Waals surface area contributed by atoms with E-state index in [1.54, 1.807) is 76.0 Å². The molecule has 0 spiro atoms. The number of carbonyl (C=O) groups excluding carboxylic acids is 2. The summed E-state index contributed by atoms with van der Waals surface area (Å²) in [5, 5.41) is 46.4. The van der Waals surface area contributed by atoms with E-state index < -0.39 is 112 Å². The lowest BCUT2D eigenvalue weighted by atomic mass is 9.74. The highest BCUT2D eigenvalue weighted by atomic mass is 127. The molecule has 1 amide bonds. The largest absolute Gasteiger partial charge is 0.448 e. The molecule has 3 fully saturated rings. The number of hydrogen-bond donors (Lipinski definition) is 5. The molecule has 0 aliphatic carbocycles. The lowest BCUT2D eigenvalue weighted by Crippen LogP contribution is -2.60. The number of aliphatic hydroxyl groups excluding tert-OH is 2. The number of ether oxygens (including phenoxy) is 8. The Kier molecular flexibility index (Phi) is 21.5. The fourth-order valence-electron chi connectivity index (χ4n) is 10.7. The van der Waals surface area contributed by atoms with Gasteiger partial charge in [0.25, 0.3) is 0 Å². The van der Waals surface area contributed by atoms with Gasteiger partial charge in [-0.2, -0.15) is 0 Å². The number of nitrogens with one attached hydrogen (secondary N) is 2. The average molecular weight is 1130 g/mol. The molecular formula is C52H81FIN5O13. The van der Waals surface area contributed by atoms with Crippen LogP contribution in [0.1, 0.15) is 106 Å². The second-order valence-electron chi connectivity index (χ2n) is 21.0. The molecule has 3 aliphatic rings. The minimum Gasteiger partial charge on any atom is -0.448 e. The Labute approximate surface area is 438 Å². The average Bonchev–Trinajstić information content (AvgIpc) is 3.36. The normalized spacial score (nSPS) is 38.4. The summed E-state index contributed by atoms with van der Waals surface area (Å²) in [6, 6.07) is 6.31. The van der Waals surface area contributed by atoms with E-state index in [4.69, 9.17) is 37.9 Å². The Hall–Kier alpha value is -2.87. The van der Waals surface area contributed by atoms with Crippen LogP contribution in [0.3, 0.4) is 0 Å². The monoisotopic (exact) mass is 1130 g/mol. The minimum atomic E-state index is -1.94. The molecule has 18 nitrogen and oxygen atoms in total.